The van der Waals surface area contributed by atoms with Gasteiger partial charge in [0, 0.05) is 6.04 Å². The molecule has 3 heteroatoms. The van der Waals surface area contributed by atoms with Gasteiger partial charge in [-0.05, 0) is 49.2 Å². The monoisotopic (exact) mass is 270 g/mol. The molecule has 0 bridgehead atoms. The fourth-order valence-electron chi connectivity index (χ4n) is 2.11. The number of nitrogens with two attached hydrogens (primary N) is 2. The molecule has 0 unspecified atom stereocenters. The molecule has 0 aromatic heterocycles. The maximum atomic E-state index is 6.20. The van der Waals surface area contributed by atoms with Crippen molar-refractivity contribution in [3.05, 3.63) is 60.2 Å². The highest BCUT2D eigenvalue weighted by Crippen LogP contribution is 2.25. The third-order valence-corrected chi connectivity index (χ3v) is 3.23. The van der Waals surface area contributed by atoms with Gasteiger partial charge in [0.05, 0.1) is 0 Å². The van der Waals surface area contributed by atoms with Gasteiger partial charge < -0.3 is 16.2 Å². The van der Waals surface area contributed by atoms with E-state index in [-0.39, 0.29) is 6.04 Å². The SMILES string of the molecule is NCCCC[C@@H](N)c1cccc(Oc2ccccc2)c1. The van der Waals surface area contributed by atoms with Crippen LogP contribution in [0.3, 0.4) is 0 Å². The van der Waals surface area contributed by atoms with Crippen LogP contribution in [-0.2, 0) is 0 Å². The van der Waals surface area contributed by atoms with Gasteiger partial charge in [0.25, 0.3) is 0 Å². The molecule has 0 fully saturated rings. The van der Waals surface area contributed by atoms with Gasteiger partial charge in [-0.2, -0.15) is 0 Å². The van der Waals surface area contributed by atoms with Crippen molar-refractivity contribution in [3.8, 4) is 11.5 Å². The van der Waals surface area contributed by atoms with Crippen LogP contribution in [0.5, 0.6) is 11.5 Å². The summed E-state index contributed by atoms with van der Waals surface area (Å²) < 4.78 is 5.82. The summed E-state index contributed by atoms with van der Waals surface area (Å²) in [6.45, 7) is 0.726. The molecule has 2 aromatic carbocycles. The summed E-state index contributed by atoms with van der Waals surface area (Å²) in [6, 6.07) is 17.8. The van der Waals surface area contributed by atoms with E-state index >= 15 is 0 Å². The van der Waals surface area contributed by atoms with Gasteiger partial charge in [-0.1, -0.05) is 36.8 Å². The first-order valence-corrected chi connectivity index (χ1v) is 7.08. The molecule has 1 atom stereocenters. The number of rotatable bonds is 7. The number of ether oxygens (including phenoxy) is 1. The lowest BCUT2D eigenvalue weighted by Gasteiger charge is -2.13. The van der Waals surface area contributed by atoms with Crippen molar-refractivity contribution < 1.29 is 4.74 Å². The second kappa shape index (κ2) is 7.68. The molecule has 20 heavy (non-hydrogen) atoms. The molecule has 0 radical (unpaired) electrons. The largest absolute Gasteiger partial charge is 0.457 e. The highest BCUT2D eigenvalue weighted by Gasteiger charge is 2.07. The zero-order chi connectivity index (χ0) is 14.2. The first-order chi connectivity index (χ1) is 9.79. The maximum Gasteiger partial charge on any atom is 0.127 e. The molecule has 2 aromatic rings. The summed E-state index contributed by atoms with van der Waals surface area (Å²) in [6.07, 6.45) is 3.03. The van der Waals surface area contributed by atoms with Gasteiger partial charge >= 0.3 is 0 Å². The third kappa shape index (κ3) is 4.37. The van der Waals surface area contributed by atoms with E-state index in [1.807, 2.05) is 54.6 Å². The predicted molar refractivity (Wildman–Crippen MR) is 82.8 cm³/mol. The molecular formula is C17H22N2O. The van der Waals surface area contributed by atoms with Gasteiger partial charge in [0.1, 0.15) is 11.5 Å². The Labute approximate surface area is 120 Å². The topological polar surface area (TPSA) is 61.3 Å². The van der Waals surface area contributed by atoms with Gasteiger partial charge in [-0.3, -0.25) is 0 Å². The summed E-state index contributed by atoms with van der Waals surface area (Å²) in [5.41, 5.74) is 12.8. The first kappa shape index (κ1) is 14.6. The number of para-hydroxylation sites is 1. The Hall–Kier alpha value is -1.84. The van der Waals surface area contributed by atoms with Gasteiger partial charge in [-0.25, -0.2) is 0 Å². The Morgan fingerprint density at radius 3 is 2.40 bits per heavy atom. The van der Waals surface area contributed by atoms with Crippen LogP contribution in [0.15, 0.2) is 54.6 Å². The molecule has 0 heterocycles. The lowest BCUT2D eigenvalue weighted by Crippen LogP contribution is -2.11. The summed E-state index contributed by atoms with van der Waals surface area (Å²) in [5.74, 6) is 1.66. The lowest BCUT2D eigenvalue weighted by molar-refractivity contribution is 0.480. The fourth-order valence-corrected chi connectivity index (χ4v) is 2.11. The molecule has 0 aliphatic rings. The van der Waals surface area contributed by atoms with Crippen LogP contribution in [0.2, 0.25) is 0 Å². The van der Waals surface area contributed by atoms with Crippen LogP contribution in [0.1, 0.15) is 30.9 Å². The summed E-state index contributed by atoms with van der Waals surface area (Å²) in [5, 5.41) is 0. The van der Waals surface area contributed by atoms with Crippen molar-refractivity contribution in [1.82, 2.24) is 0 Å². The zero-order valence-corrected chi connectivity index (χ0v) is 11.7. The fraction of sp³-hybridized carbons (Fsp3) is 0.294. The first-order valence-electron chi connectivity index (χ1n) is 7.08. The lowest BCUT2D eigenvalue weighted by atomic mass is 10.0. The van der Waals surface area contributed by atoms with Crippen LogP contribution in [0.4, 0.5) is 0 Å². The van der Waals surface area contributed by atoms with Crippen molar-refractivity contribution in [3.63, 3.8) is 0 Å². The molecule has 0 amide bonds. The van der Waals surface area contributed by atoms with E-state index in [1.54, 1.807) is 0 Å². The Bertz CT molecular complexity index is 513. The van der Waals surface area contributed by atoms with Crippen molar-refractivity contribution in [2.75, 3.05) is 6.54 Å². The predicted octanol–water partition coefficient (Wildman–Crippen LogP) is 3.61. The van der Waals surface area contributed by atoms with E-state index in [9.17, 15) is 0 Å². The van der Waals surface area contributed by atoms with Crippen LogP contribution >= 0.6 is 0 Å². The van der Waals surface area contributed by atoms with E-state index in [4.69, 9.17) is 16.2 Å². The number of hydrogen-bond donors (Lipinski definition) is 2. The molecule has 3 nitrogen and oxygen atoms in total. The number of unbranched alkanes of at least 4 members (excludes halogenated alkanes) is 1. The average molecular weight is 270 g/mol. The van der Waals surface area contributed by atoms with Crippen LogP contribution in [0.25, 0.3) is 0 Å². The zero-order valence-electron chi connectivity index (χ0n) is 11.7. The Balaban J connectivity index is 2.00. The van der Waals surface area contributed by atoms with Crippen molar-refractivity contribution >= 4 is 0 Å². The molecule has 106 valence electrons. The molecule has 0 aliphatic heterocycles. The summed E-state index contributed by atoms with van der Waals surface area (Å²) in [7, 11) is 0. The molecule has 0 spiro atoms. The highest BCUT2D eigenvalue weighted by molar-refractivity contribution is 5.34. The van der Waals surface area contributed by atoms with Gasteiger partial charge in [0.15, 0.2) is 0 Å². The summed E-state index contributed by atoms with van der Waals surface area (Å²) in [4.78, 5) is 0. The quantitative estimate of drug-likeness (QED) is 0.755. The molecule has 4 N–H and O–H groups in total. The Morgan fingerprint density at radius 2 is 1.65 bits per heavy atom. The van der Waals surface area contributed by atoms with Gasteiger partial charge in [-0.15, -0.1) is 0 Å². The minimum absolute atomic E-state index is 0.0425. The maximum absolute atomic E-state index is 6.20. The minimum Gasteiger partial charge on any atom is -0.457 e. The second-order valence-corrected chi connectivity index (χ2v) is 4.88. The molecule has 0 saturated heterocycles. The van der Waals surface area contributed by atoms with E-state index in [2.05, 4.69) is 0 Å². The normalized spacial score (nSPS) is 12.1. The smallest absolute Gasteiger partial charge is 0.127 e. The Kier molecular flexibility index (Phi) is 5.59. The molecule has 0 saturated carbocycles. The molecular weight excluding hydrogens is 248 g/mol. The van der Waals surface area contributed by atoms with Crippen LogP contribution in [0, 0.1) is 0 Å². The van der Waals surface area contributed by atoms with Crippen LogP contribution in [-0.4, -0.2) is 6.54 Å². The minimum atomic E-state index is 0.0425. The van der Waals surface area contributed by atoms with E-state index in [0.29, 0.717) is 0 Å². The van der Waals surface area contributed by atoms with E-state index < -0.39 is 0 Å². The highest BCUT2D eigenvalue weighted by atomic mass is 16.5. The van der Waals surface area contributed by atoms with Crippen molar-refractivity contribution in [2.24, 2.45) is 11.5 Å². The van der Waals surface area contributed by atoms with Crippen LogP contribution < -0.4 is 16.2 Å². The average Bonchev–Trinajstić information content (AvgIpc) is 2.49. The number of hydrogen-bond acceptors (Lipinski definition) is 3. The molecule has 2 rings (SSSR count). The summed E-state index contributed by atoms with van der Waals surface area (Å²) >= 11 is 0. The third-order valence-electron chi connectivity index (χ3n) is 3.23. The second-order valence-electron chi connectivity index (χ2n) is 4.88. The van der Waals surface area contributed by atoms with E-state index in [1.165, 1.54) is 0 Å². The standard InChI is InChI=1S/C17H22N2O/c18-12-5-4-11-17(19)14-7-6-10-16(13-14)20-15-8-2-1-3-9-15/h1-3,6-10,13,17H,4-5,11-12,18-19H2/t17-/m1/s1. The van der Waals surface area contributed by atoms with Gasteiger partial charge in [0.2, 0.25) is 0 Å². The van der Waals surface area contributed by atoms with Crippen molar-refractivity contribution in [2.45, 2.75) is 25.3 Å². The van der Waals surface area contributed by atoms with E-state index in [0.717, 1.165) is 42.9 Å². The van der Waals surface area contributed by atoms with Crippen molar-refractivity contribution in [1.29, 1.82) is 0 Å². The Morgan fingerprint density at radius 1 is 0.900 bits per heavy atom. The molecule has 0 aliphatic carbocycles. The number of benzene rings is 2.